The molecule has 0 N–H and O–H groups in total. The monoisotopic (exact) mass is 222 g/mol. The van der Waals surface area contributed by atoms with Crippen LogP contribution in [0.15, 0.2) is 60.7 Å². The van der Waals surface area contributed by atoms with Gasteiger partial charge in [0, 0.05) is 0 Å². The molecule has 2 aromatic carbocycles. The summed E-state index contributed by atoms with van der Waals surface area (Å²) in [4.78, 5) is 0. The lowest BCUT2D eigenvalue weighted by molar-refractivity contribution is 1.25. The molecule has 0 aliphatic heterocycles. The molecule has 0 heteroatoms. The molecule has 0 radical (unpaired) electrons. The molecule has 17 heavy (non-hydrogen) atoms. The molecule has 2 aromatic rings. The highest BCUT2D eigenvalue weighted by atomic mass is 14.0. The Bertz CT molecular complexity index is 489. The van der Waals surface area contributed by atoms with Gasteiger partial charge >= 0.3 is 0 Å². The Kier molecular flexibility index (Phi) is 3.77. The third-order valence-electron chi connectivity index (χ3n) is 2.99. The minimum absolute atomic E-state index is 1.00. The topological polar surface area (TPSA) is 0 Å². The maximum atomic E-state index is 2.29. The highest BCUT2D eigenvalue weighted by Gasteiger charge is 1.94. The van der Waals surface area contributed by atoms with Crippen molar-refractivity contribution in [1.29, 1.82) is 0 Å². The molecule has 0 nitrogen and oxygen atoms in total. The number of hydrogen-bond acceptors (Lipinski definition) is 0. The Balaban J connectivity index is 2.08. The summed E-state index contributed by atoms with van der Waals surface area (Å²) in [5.41, 5.74) is 5.33. The standard InChI is InChI=1S/C17H18/c1-14-8-11-16(12-9-14)13-10-15(2)17-6-4-3-5-7-17/h3-12H,13H2,1-2H3/b15-10+. The summed E-state index contributed by atoms with van der Waals surface area (Å²) >= 11 is 0. The lowest BCUT2D eigenvalue weighted by atomic mass is 10.0. The van der Waals surface area contributed by atoms with Crippen LogP contribution in [0.25, 0.3) is 5.57 Å². The van der Waals surface area contributed by atoms with Crippen LogP contribution in [0.4, 0.5) is 0 Å². The Labute approximate surface area is 104 Å². The molecule has 0 spiro atoms. The Hall–Kier alpha value is -1.82. The zero-order valence-electron chi connectivity index (χ0n) is 10.5. The zero-order valence-corrected chi connectivity index (χ0v) is 10.5. The first-order chi connectivity index (χ1) is 8.25. The van der Waals surface area contributed by atoms with Crippen molar-refractivity contribution >= 4 is 5.57 Å². The van der Waals surface area contributed by atoms with Gasteiger partial charge in [-0.05, 0) is 37.0 Å². The minimum Gasteiger partial charge on any atom is -0.0766 e. The molecule has 0 atom stereocenters. The first kappa shape index (κ1) is 11.7. The number of rotatable bonds is 3. The van der Waals surface area contributed by atoms with Crippen molar-refractivity contribution in [3.05, 3.63) is 77.4 Å². The van der Waals surface area contributed by atoms with Crippen LogP contribution in [0.3, 0.4) is 0 Å². The van der Waals surface area contributed by atoms with Crippen LogP contribution in [0.2, 0.25) is 0 Å². The van der Waals surface area contributed by atoms with Gasteiger partial charge in [-0.1, -0.05) is 66.2 Å². The average Bonchev–Trinajstić information content (AvgIpc) is 2.39. The SMILES string of the molecule is C/C(=C\Cc1ccc(C)cc1)c1ccccc1. The molecule has 0 bridgehead atoms. The van der Waals surface area contributed by atoms with Gasteiger partial charge in [-0.25, -0.2) is 0 Å². The fourth-order valence-electron chi connectivity index (χ4n) is 1.81. The van der Waals surface area contributed by atoms with E-state index in [1.165, 1.54) is 22.3 Å². The Morgan fingerprint density at radius 3 is 2.24 bits per heavy atom. The van der Waals surface area contributed by atoms with Crippen LogP contribution in [0.5, 0.6) is 0 Å². The lowest BCUT2D eigenvalue weighted by Gasteiger charge is -2.02. The second kappa shape index (κ2) is 5.49. The molecular weight excluding hydrogens is 204 g/mol. The number of aryl methyl sites for hydroxylation is 1. The summed E-state index contributed by atoms with van der Waals surface area (Å²) in [6.45, 7) is 4.29. The van der Waals surface area contributed by atoms with Gasteiger partial charge in [-0.3, -0.25) is 0 Å². The average molecular weight is 222 g/mol. The molecule has 0 saturated carbocycles. The first-order valence-corrected chi connectivity index (χ1v) is 6.03. The van der Waals surface area contributed by atoms with Crippen LogP contribution >= 0.6 is 0 Å². The third kappa shape index (κ3) is 3.32. The second-order valence-electron chi connectivity index (χ2n) is 4.44. The van der Waals surface area contributed by atoms with Crippen LogP contribution in [0.1, 0.15) is 23.6 Å². The normalized spacial score (nSPS) is 11.5. The minimum atomic E-state index is 1.00. The van der Waals surface area contributed by atoms with Gasteiger partial charge in [0.15, 0.2) is 0 Å². The van der Waals surface area contributed by atoms with E-state index in [4.69, 9.17) is 0 Å². The van der Waals surface area contributed by atoms with Crippen molar-refractivity contribution in [3.8, 4) is 0 Å². The van der Waals surface area contributed by atoms with Gasteiger partial charge in [0.05, 0.1) is 0 Å². The van der Waals surface area contributed by atoms with Crippen molar-refractivity contribution in [1.82, 2.24) is 0 Å². The van der Waals surface area contributed by atoms with Crippen molar-refractivity contribution in [3.63, 3.8) is 0 Å². The van der Waals surface area contributed by atoms with Gasteiger partial charge < -0.3 is 0 Å². The fourth-order valence-corrected chi connectivity index (χ4v) is 1.81. The summed E-state index contributed by atoms with van der Waals surface area (Å²) in [6.07, 6.45) is 3.29. The van der Waals surface area contributed by atoms with E-state index in [2.05, 4.69) is 74.5 Å². The van der Waals surface area contributed by atoms with Crippen LogP contribution < -0.4 is 0 Å². The number of allylic oxidation sites excluding steroid dienone is 2. The first-order valence-electron chi connectivity index (χ1n) is 6.03. The second-order valence-corrected chi connectivity index (χ2v) is 4.44. The predicted octanol–water partition coefficient (Wildman–Crippen LogP) is 4.64. The van der Waals surface area contributed by atoms with Crippen LogP contribution in [0, 0.1) is 6.92 Å². The summed E-state index contributed by atoms with van der Waals surface area (Å²) in [6, 6.07) is 19.3. The zero-order chi connectivity index (χ0) is 12.1. The molecule has 0 heterocycles. The number of benzene rings is 2. The third-order valence-corrected chi connectivity index (χ3v) is 2.99. The largest absolute Gasteiger partial charge is 0.0766 e. The molecule has 0 amide bonds. The van der Waals surface area contributed by atoms with Crippen molar-refractivity contribution in [2.75, 3.05) is 0 Å². The molecule has 0 saturated heterocycles. The molecule has 0 fully saturated rings. The van der Waals surface area contributed by atoms with E-state index >= 15 is 0 Å². The van der Waals surface area contributed by atoms with Gasteiger partial charge in [0.1, 0.15) is 0 Å². The maximum Gasteiger partial charge on any atom is -0.00915 e. The smallest absolute Gasteiger partial charge is 0.00915 e. The van der Waals surface area contributed by atoms with Crippen LogP contribution in [-0.2, 0) is 6.42 Å². The van der Waals surface area contributed by atoms with E-state index in [1.807, 2.05) is 0 Å². The molecule has 2 rings (SSSR count). The predicted molar refractivity (Wildman–Crippen MR) is 75.0 cm³/mol. The van der Waals surface area contributed by atoms with Crippen LogP contribution in [-0.4, -0.2) is 0 Å². The molecular formula is C17H18. The van der Waals surface area contributed by atoms with E-state index in [1.54, 1.807) is 0 Å². The summed E-state index contributed by atoms with van der Waals surface area (Å²) in [7, 11) is 0. The summed E-state index contributed by atoms with van der Waals surface area (Å²) < 4.78 is 0. The molecule has 86 valence electrons. The van der Waals surface area contributed by atoms with Gasteiger partial charge in [0.25, 0.3) is 0 Å². The highest BCUT2D eigenvalue weighted by Crippen LogP contribution is 2.14. The Morgan fingerprint density at radius 2 is 1.59 bits per heavy atom. The molecule has 0 aliphatic carbocycles. The van der Waals surface area contributed by atoms with Crippen molar-refractivity contribution in [2.24, 2.45) is 0 Å². The maximum absolute atomic E-state index is 2.29. The summed E-state index contributed by atoms with van der Waals surface area (Å²) in [5, 5.41) is 0. The molecule has 0 aromatic heterocycles. The summed E-state index contributed by atoms with van der Waals surface area (Å²) in [5.74, 6) is 0. The van der Waals surface area contributed by atoms with E-state index in [-0.39, 0.29) is 0 Å². The molecule has 0 unspecified atom stereocenters. The van der Waals surface area contributed by atoms with E-state index in [0.717, 1.165) is 6.42 Å². The van der Waals surface area contributed by atoms with Crippen molar-refractivity contribution < 1.29 is 0 Å². The molecule has 0 aliphatic rings. The van der Waals surface area contributed by atoms with Gasteiger partial charge in [-0.15, -0.1) is 0 Å². The highest BCUT2D eigenvalue weighted by molar-refractivity contribution is 5.63. The van der Waals surface area contributed by atoms with E-state index in [0.29, 0.717) is 0 Å². The Morgan fingerprint density at radius 1 is 0.941 bits per heavy atom. The fraction of sp³-hybridized carbons (Fsp3) is 0.176. The lowest BCUT2D eigenvalue weighted by Crippen LogP contribution is -1.84. The van der Waals surface area contributed by atoms with Gasteiger partial charge in [0.2, 0.25) is 0 Å². The van der Waals surface area contributed by atoms with E-state index in [9.17, 15) is 0 Å². The quantitative estimate of drug-likeness (QED) is 0.709. The van der Waals surface area contributed by atoms with E-state index < -0.39 is 0 Å². The van der Waals surface area contributed by atoms with Gasteiger partial charge in [-0.2, -0.15) is 0 Å². The van der Waals surface area contributed by atoms with Crippen molar-refractivity contribution in [2.45, 2.75) is 20.3 Å². The number of hydrogen-bond donors (Lipinski definition) is 0.